The highest BCUT2D eigenvalue weighted by molar-refractivity contribution is 6.34. The van der Waals surface area contributed by atoms with Gasteiger partial charge in [0, 0.05) is 12.1 Å². The van der Waals surface area contributed by atoms with E-state index >= 15 is 0 Å². The minimum atomic E-state index is 0.691. The van der Waals surface area contributed by atoms with Crippen LogP contribution >= 0.6 is 11.6 Å². The molecular weight excluding hydrogens is 374 g/mol. The van der Waals surface area contributed by atoms with Crippen molar-refractivity contribution in [3.8, 4) is 12.3 Å². The van der Waals surface area contributed by atoms with Crippen LogP contribution in [0.2, 0.25) is 5.02 Å². The molecule has 3 fully saturated rings. The van der Waals surface area contributed by atoms with Crippen molar-refractivity contribution in [3.05, 3.63) is 28.8 Å². The molecule has 0 heterocycles. The molecule has 3 saturated carbocycles. The molecule has 0 radical (unpaired) electrons. The second-order valence-corrected chi connectivity index (χ2v) is 9.67. The van der Waals surface area contributed by atoms with Gasteiger partial charge in [-0.15, -0.1) is 12.3 Å². The van der Waals surface area contributed by atoms with Gasteiger partial charge in [-0.3, -0.25) is 0 Å². The third kappa shape index (κ3) is 5.95. The molecule has 29 heavy (non-hydrogen) atoms. The van der Waals surface area contributed by atoms with E-state index < -0.39 is 0 Å². The Balaban J connectivity index is 0.000000755. The van der Waals surface area contributed by atoms with Gasteiger partial charge in [-0.1, -0.05) is 81.5 Å². The molecule has 3 aliphatic carbocycles. The molecule has 160 valence electrons. The van der Waals surface area contributed by atoms with Crippen molar-refractivity contribution in [2.45, 2.75) is 121 Å². The summed E-state index contributed by atoms with van der Waals surface area (Å²) in [4.78, 5) is 2.81. The van der Waals surface area contributed by atoms with Gasteiger partial charge in [0.1, 0.15) is 0 Å². The van der Waals surface area contributed by atoms with Gasteiger partial charge < -0.3 is 4.90 Å². The lowest BCUT2D eigenvalue weighted by atomic mass is 9.83. The first-order valence-electron chi connectivity index (χ1n) is 12.2. The van der Waals surface area contributed by atoms with E-state index in [-0.39, 0.29) is 0 Å². The van der Waals surface area contributed by atoms with Crippen LogP contribution in [-0.2, 0) is 0 Å². The predicted octanol–water partition coefficient (Wildman–Crippen LogP) is 8.50. The molecule has 0 atom stereocenters. The second-order valence-electron chi connectivity index (χ2n) is 9.29. The molecule has 0 saturated heterocycles. The molecule has 0 aliphatic heterocycles. The summed E-state index contributed by atoms with van der Waals surface area (Å²) in [6.45, 7) is 1.65. The highest BCUT2D eigenvalue weighted by Gasteiger charge is 2.31. The molecule has 2 heteroatoms. The van der Waals surface area contributed by atoms with Gasteiger partial charge in [-0.2, -0.15) is 0 Å². The van der Waals surface area contributed by atoms with Crippen LogP contribution in [0.5, 0.6) is 0 Å². The fourth-order valence-electron chi connectivity index (χ4n) is 5.88. The Morgan fingerprint density at radius 2 is 1.24 bits per heavy atom. The first kappa shape index (κ1) is 22.6. The van der Waals surface area contributed by atoms with Crippen molar-refractivity contribution in [1.29, 1.82) is 0 Å². The quantitative estimate of drug-likeness (QED) is 0.447. The maximum Gasteiger partial charge on any atom is 0.0674 e. The number of benzene rings is 1. The molecule has 0 amide bonds. The van der Waals surface area contributed by atoms with E-state index in [0.717, 1.165) is 5.02 Å². The normalized spacial score (nSPS) is 21.7. The molecule has 0 aromatic heterocycles. The average molecular weight is 414 g/mol. The van der Waals surface area contributed by atoms with E-state index in [0.29, 0.717) is 18.0 Å². The molecule has 1 nitrogen and oxygen atoms in total. The summed E-state index contributed by atoms with van der Waals surface area (Å²) in [6.07, 6.45) is 25.3. The van der Waals surface area contributed by atoms with Gasteiger partial charge in [-0.25, -0.2) is 0 Å². The van der Waals surface area contributed by atoms with E-state index in [1.807, 2.05) is 0 Å². The second kappa shape index (κ2) is 11.9. The summed E-state index contributed by atoms with van der Waals surface area (Å²) in [7, 11) is 0. The van der Waals surface area contributed by atoms with Crippen molar-refractivity contribution in [2.75, 3.05) is 4.90 Å². The zero-order valence-electron chi connectivity index (χ0n) is 18.5. The Kier molecular flexibility index (Phi) is 9.26. The number of halogens is 1. The first-order valence-corrected chi connectivity index (χ1v) is 12.6. The fraction of sp³-hybridized carbons (Fsp3) is 0.704. The van der Waals surface area contributed by atoms with Gasteiger partial charge in [0.2, 0.25) is 0 Å². The van der Waals surface area contributed by atoms with Crippen LogP contribution in [0, 0.1) is 12.3 Å². The number of hydrogen-bond donors (Lipinski definition) is 0. The Morgan fingerprint density at radius 3 is 1.72 bits per heavy atom. The number of anilines is 1. The van der Waals surface area contributed by atoms with E-state index in [9.17, 15) is 0 Å². The summed E-state index contributed by atoms with van der Waals surface area (Å²) >= 11 is 7.13. The number of rotatable bonds is 4. The van der Waals surface area contributed by atoms with Crippen molar-refractivity contribution >= 4 is 17.3 Å². The smallest absolute Gasteiger partial charge is 0.0674 e. The van der Waals surface area contributed by atoms with Crippen molar-refractivity contribution in [3.63, 3.8) is 0 Å². The summed E-state index contributed by atoms with van der Waals surface area (Å²) in [5.41, 5.74) is 2.81. The van der Waals surface area contributed by atoms with E-state index in [4.69, 9.17) is 11.6 Å². The molecule has 4 rings (SSSR count). The SMILES string of the molecule is C#CC.Clc1c(C2CCCCC2)cccc1N(C1CCCCC1)C1CCCCC1. The summed E-state index contributed by atoms with van der Waals surface area (Å²) in [6, 6.07) is 8.38. The maximum absolute atomic E-state index is 7.13. The summed E-state index contributed by atoms with van der Waals surface area (Å²) in [5.74, 6) is 2.94. The van der Waals surface area contributed by atoms with Crippen LogP contribution in [0.1, 0.15) is 115 Å². The molecule has 1 aromatic carbocycles. The monoisotopic (exact) mass is 413 g/mol. The van der Waals surface area contributed by atoms with Crippen LogP contribution in [-0.4, -0.2) is 12.1 Å². The molecule has 3 aliphatic rings. The average Bonchev–Trinajstić information content (AvgIpc) is 2.78. The zero-order chi connectivity index (χ0) is 20.5. The number of hydrogen-bond acceptors (Lipinski definition) is 1. The van der Waals surface area contributed by atoms with Crippen LogP contribution in [0.3, 0.4) is 0 Å². The highest BCUT2D eigenvalue weighted by Crippen LogP contribution is 2.43. The highest BCUT2D eigenvalue weighted by atomic mass is 35.5. The summed E-state index contributed by atoms with van der Waals surface area (Å²) < 4.78 is 0. The molecule has 1 aromatic rings. The third-order valence-corrected chi connectivity index (χ3v) is 7.68. The van der Waals surface area contributed by atoms with Crippen LogP contribution in [0.15, 0.2) is 18.2 Å². The minimum absolute atomic E-state index is 0.691. The third-order valence-electron chi connectivity index (χ3n) is 7.27. The predicted molar refractivity (Wildman–Crippen MR) is 128 cm³/mol. The standard InChI is InChI=1S/C24H36ClN.C3H4/c25-24-22(19-11-4-1-5-12-19)17-10-18-23(24)26(20-13-6-2-7-14-20)21-15-8-3-9-16-21;1-3-2/h10,17-21H,1-9,11-16H2;1H,2H3. The first-order chi connectivity index (χ1) is 14.3. The topological polar surface area (TPSA) is 3.24 Å². The van der Waals surface area contributed by atoms with E-state index in [1.165, 1.54) is 108 Å². The van der Waals surface area contributed by atoms with E-state index in [1.54, 1.807) is 6.92 Å². The van der Waals surface area contributed by atoms with Crippen LogP contribution in [0.4, 0.5) is 5.69 Å². The van der Waals surface area contributed by atoms with E-state index in [2.05, 4.69) is 35.4 Å². The van der Waals surface area contributed by atoms with Crippen molar-refractivity contribution in [2.24, 2.45) is 0 Å². The molecule has 0 N–H and O–H groups in total. The van der Waals surface area contributed by atoms with Crippen LogP contribution in [0.25, 0.3) is 0 Å². The molecule has 0 spiro atoms. The van der Waals surface area contributed by atoms with Crippen molar-refractivity contribution in [1.82, 2.24) is 0 Å². The Hall–Kier alpha value is -1.13. The molecule has 0 unspecified atom stereocenters. The zero-order valence-corrected chi connectivity index (χ0v) is 19.2. The van der Waals surface area contributed by atoms with Crippen LogP contribution < -0.4 is 4.90 Å². The Bertz CT molecular complexity index is 625. The van der Waals surface area contributed by atoms with Gasteiger partial charge in [0.05, 0.1) is 10.7 Å². The Morgan fingerprint density at radius 1 is 0.793 bits per heavy atom. The van der Waals surface area contributed by atoms with Gasteiger partial charge in [0.25, 0.3) is 0 Å². The maximum atomic E-state index is 7.13. The lowest BCUT2D eigenvalue weighted by molar-refractivity contribution is 0.339. The Labute approximate surface area is 184 Å². The fourth-order valence-corrected chi connectivity index (χ4v) is 6.25. The van der Waals surface area contributed by atoms with Crippen molar-refractivity contribution < 1.29 is 0 Å². The van der Waals surface area contributed by atoms with Gasteiger partial charge in [-0.05, 0) is 63.0 Å². The van der Waals surface area contributed by atoms with Gasteiger partial charge in [0.15, 0.2) is 0 Å². The summed E-state index contributed by atoms with van der Waals surface area (Å²) in [5, 5.41) is 1.09. The molecule has 0 bridgehead atoms. The lowest BCUT2D eigenvalue weighted by Gasteiger charge is -2.44. The number of nitrogens with zero attached hydrogens (tertiary/aromatic N) is 1. The molecular formula is C27H40ClN. The van der Waals surface area contributed by atoms with Gasteiger partial charge >= 0.3 is 0 Å². The lowest BCUT2D eigenvalue weighted by Crippen LogP contribution is -2.45. The number of terminal acetylenes is 1. The minimum Gasteiger partial charge on any atom is -0.364 e. The largest absolute Gasteiger partial charge is 0.364 e.